The molecule has 0 fully saturated rings. The zero-order valence-corrected chi connectivity index (χ0v) is 9.64. The summed E-state index contributed by atoms with van der Waals surface area (Å²) in [5.41, 5.74) is 0. The molecule has 0 spiro atoms. The molecular formula is C9H10BrNOS. The number of rotatable bonds is 3. The van der Waals surface area contributed by atoms with Crippen LogP contribution in [0.5, 0.6) is 0 Å². The van der Waals surface area contributed by atoms with Crippen LogP contribution in [0.25, 0.3) is 0 Å². The van der Waals surface area contributed by atoms with E-state index < -0.39 is 10.8 Å². The number of hydrogen-bond acceptors (Lipinski definition) is 2. The van der Waals surface area contributed by atoms with Gasteiger partial charge in [0, 0.05) is 11.9 Å². The summed E-state index contributed by atoms with van der Waals surface area (Å²) in [6.07, 6.45) is 5.40. The lowest BCUT2D eigenvalue weighted by molar-refractivity contribution is 0.681. The van der Waals surface area contributed by atoms with Crippen LogP contribution < -0.4 is 0 Å². The standard InChI is InChI=1S/C9H10BrNOS/c1-2-3-7-13(12)9-8(10)5-4-6-11-9/h2-6H,7H2,1H3/b3-2+. The molecular weight excluding hydrogens is 250 g/mol. The molecule has 0 amide bonds. The Morgan fingerprint density at radius 2 is 2.46 bits per heavy atom. The van der Waals surface area contributed by atoms with Crippen molar-refractivity contribution < 1.29 is 4.21 Å². The second-order valence-corrected chi connectivity index (χ2v) is 4.64. The lowest BCUT2D eigenvalue weighted by Crippen LogP contribution is -1.98. The Morgan fingerprint density at radius 3 is 3.08 bits per heavy atom. The summed E-state index contributed by atoms with van der Waals surface area (Å²) in [4.78, 5) is 4.05. The van der Waals surface area contributed by atoms with E-state index in [1.807, 2.05) is 25.1 Å². The Bertz CT molecular complexity index is 338. The molecule has 0 saturated heterocycles. The molecule has 4 heteroatoms. The normalized spacial score (nSPS) is 13.4. The van der Waals surface area contributed by atoms with Gasteiger partial charge in [0.1, 0.15) is 5.03 Å². The van der Waals surface area contributed by atoms with Crippen LogP contribution in [-0.2, 0) is 10.8 Å². The van der Waals surface area contributed by atoms with Crippen molar-refractivity contribution in [2.45, 2.75) is 11.9 Å². The van der Waals surface area contributed by atoms with Gasteiger partial charge in [0.05, 0.1) is 15.3 Å². The molecule has 70 valence electrons. The zero-order valence-electron chi connectivity index (χ0n) is 7.24. The smallest absolute Gasteiger partial charge is 0.141 e. The van der Waals surface area contributed by atoms with Crippen molar-refractivity contribution in [2.24, 2.45) is 0 Å². The van der Waals surface area contributed by atoms with Crippen LogP contribution >= 0.6 is 15.9 Å². The van der Waals surface area contributed by atoms with Crippen molar-refractivity contribution in [1.29, 1.82) is 0 Å². The van der Waals surface area contributed by atoms with Gasteiger partial charge in [-0.2, -0.15) is 0 Å². The van der Waals surface area contributed by atoms with Gasteiger partial charge in [0.25, 0.3) is 0 Å². The number of nitrogens with zero attached hydrogens (tertiary/aromatic N) is 1. The maximum Gasteiger partial charge on any atom is 0.141 e. The molecule has 0 radical (unpaired) electrons. The summed E-state index contributed by atoms with van der Waals surface area (Å²) in [5.74, 6) is 0.520. The monoisotopic (exact) mass is 259 g/mol. The van der Waals surface area contributed by atoms with Gasteiger partial charge in [0.2, 0.25) is 0 Å². The minimum Gasteiger partial charge on any atom is -0.252 e. The molecule has 13 heavy (non-hydrogen) atoms. The Kier molecular flexibility index (Phi) is 4.32. The third-order valence-electron chi connectivity index (χ3n) is 1.42. The Hall–Kier alpha value is -0.480. The second kappa shape index (κ2) is 5.29. The van der Waals surface area contributed by atoms with Crippen LogP contribution in [0.2, 0.25) is 0 Å². The first-order valence-corrected chi connectivity index (χ1v) is 5.97. The first-order chi connectivity index (χ1) is 6.25. The van der Waals surface area contributed by atoms with Gasteiger partial charge >= 0.3 is 0 Å². The molecule has 0 aromatic carbocycles. The average molecular weight is 260 g/mol. The minimum absolute atomic E-state index is 0.520. The van der Waals surface area contributed by atoms with Crippen molar-refractivity contribution >= 4 is 26.7 Å². The molecule has 0 aliphatic carbocycles. The van der Waals surface area contributed by atoms with E-state index in [9.17, 15) is 4.21 Å². The largest absolute Gasteiger partial charge is 0.252 e. The van der Waals surface area contributed by atoms with E-state index in [2.05, 4.69) is 20.9 Å². The molecule has 1 heterocycles. The average Bonchev–Trinajstić information content (AvgIpc) is 2.15. The van der Waals surface area contributed by atoms with Gasteiger partial charge in [-0.05, 0) is 35.0 Å². The maximum absolute atomic E-state index is 11.6. The van der Waals surface area contributed by atoms with E-state index >= 15 is 0 Å². The van der Waals surface area contributed by atoms with Crippen LogP contribution in [0.1, 0.15) is 6.92 Å². The van der Waals surface area contributed by atoms with Crippen LogP contribution in [0.15, 0.2) is 40.0 Å². The summed E-state index contributed by atoms with van der Waals surface area (Å²) in [5, 5.41) is 0.612. The second-order valence-electron chi connectivity index (χ2n) is 2.37. The number of allylic oxidation sites excluding steroid dienone is 1. The number of pyridine rings is 1. The molecule has 1 aromatic rings. The van der Waals surface area contributed by atoms with Crippen LogP contribution in [-0.4, -0.2) is 14.9 Å². The highest BCUT2D eigenvalue weighted by molar-refractivity contribution is 9.10. The van der Waals surface area contributed by atoms with Crippen LogP contribution in [0.4, 0.5) is 0 Å². The highest BCUT2D eigenvalue weighted by Crippen LogP contribution is 2.16. The maximum atomic E-state index is 11.6. The van der Waals surface area contributed by atoms with Crippen LogP contribution in [0, 0.1) is 0 Å². The first kappa shape index (κ1) is 10.6. The summed E-state index contributed by atoms with van der Waals surface area (Å²) < 4.78 is 12.4. The molecule has 1 unspecified atom stereocenters. The van der Waals surface area contributed by atoms with Crippen molar-refractivity contribution in [3.8, 4) is 0 Å². The van der Waals surface area contributed by atoms with Crippen molar-refractivity contribution in [1.82, 2.24) is 4.98 Å². The summed E-state index contributed by atoms with van der Waals surface area (Å²) in [6, 6.07) is 3.65. The molecule has 0 saturated carbocycles. The Morgan fingerprint density at radius 1 is 1.69 bits per heavy atom. The highest BCUT2D eigenvalue weighted by Gasteiger charge is 2.06. The third kappa shape index (κ3) is 3.04. The quantitative estimate of drug-likeness (QED) is 0.782. The van der Waals surface area contributed by atoms with E-state index in [1.165, 1.54) is 0 Å². The molecule has 0 aliphatic rings. The van der Waals surface area contributed by atoms with Gasteiger partial charge in [0.15, 0.2) is 0 Å². The molecule has 0 N–H and O–H groups in total. The van der Waals surface area contributed by atoms with Gasteiger partial charge in [-0.25, -0.2) is 4.98 Å². The Balaban J connectivity index is 2.83. The molecule has 1 atom stereocenters. The summed E-state index contributed by atoms with van der Waals surface area (Å²) in [6.45, 7) is 1.91. The molecule has 1 rings (SSSR count). The number of halogens is 1. The molecule has 2 nitrogen and oxygen atoms in total. The van der Waals surface area contributed by atoms with Gasteiger partial charge in [-0.3, -0.25) is 4.21 Å². The third-order valence-corrected chi connectivity index (χ3v) is 3.58. The first-order valence-electron chi connectivity index (χ1n) is 3.85. The van der Waals surface area contributed by atoms with Crippen molar-refractivity contribution in [2.75, 3.05) is 5.75 Å². The zero-order chi connectivity index (χ0) is 9.68. The predicted octanol–water partition coefficient (Wildman–Crippen LogP) is 2.53. The van der Waals surface area contributed by atoms with Gasteiger partial charge < -0.3 is 0 Å². The van der Waals surface area contributed by atoms with Crippen molar-refractivity contribution in [3.63, 3.8) is 0 Å². The van der Waals surface area contributed by atoms with E-state index in [4.69, 9.17) is 0 Å². The SMILES string of the molecule is C/C=C/CS(=O)c1ncccc1Br. The van der Waals surface area contributed by atoms with E-state index in [0.29, 0.717) is 10.8 Å². The number of hydrogen-bond donors (Lipinski definition) is 0. The van der Waals surface area contributed by atoms with E-state index in [1.54, 1.807) is 12.3 Å². The van der Waals surface area contributed by atoms with E-state index in [0.717, 1.165) is 4.47 Å². The van der Waals surface area contributed by atoms with E-state index in [-0.39, 0.29) is 0 Å². The van der Waals surface area contributed by atoms with Crippen molar-refractivity contribution in [3.05, 3.63) is 35.0 Å². The number of aromatic nitrogens is 1. The Labute approximate surface area is 88.7 Å². The molecule has 0 bridgehead atoms. The highest BCUT2D eigenvalue weighted by atomic mass is 79.9. The predicted molar refractivity (Wildman–Crippen MR) is 58.0 cm³/mol. The minimum atomic E-state index is -1.04. The fourth-order valence-electron chi connectivity index (χ4n) is 0.801. The van der Waals surface area contributed by atoms with Crippen LogP contribution in [0.3, 0.4) is 0 Å². The van der Waals surface area contributed by atoms with Gasteiger partial charge in [-0.1, -0.05) is 12.2 Å². The lowest BCUT2D eigenvalue weighted by Gasteiger charge is -1.99. The fraction of sp³-hybridized carbons (Fsp3) is 0.222. The molecule has 1 aromatic heterocycles. The lowest BCUT2D eigenvalue weighted by atomic mass is 10.5. The van der Waals surface area contributed by atoms with Gasteiger partial charge in [-0.15, -0.1) is 0 Å². The topological polar surface area (TPSA) is 30.0 Å². The molecule has 0 aliphatic heterocycles. The fourth-order valence-corrected chi connectivity index (χ4v) is 2.59. The summed E-state index contributed by atoms with van der Waals surface area (Å²) in [7, 11) is -1.04. The summed E-state index contributed by atoms with van der Waals surface area (Å²) >= 11 is 3.31.